The number of unbranched alkanes of at least 4 members (excludes halogenated alkanes) is 15. The van der Waals surface area contributed by atoms with E-state index in [0.717, 1.165) is 12.8 Å². The second-order valence-corrected chi connectivity index (χ2v) is 9.43. The molecule has 6 heteroatoms. The second kappa shape index (κ2) is 35.3. The van der Waals surface area contributed by atoms with Gasteiger partial charge in [-0.3, -0.25) is 14.4 Å². The summed E-state index contributed by atoms with van der Waals surface area (Å²) < 4.78 is 0. The Bertz CT molecular complexity index is 482. The zero-order valence-corrected chi connectivity index (χ0v) is 23.8. The summed E-state index contributed by atoms with van der Waals surface area (Å²) in [5, 5.41) is 24.8. The summed E-state index contributed by atoms with van der Waals surface area (Å²) in [6, 6.07) is 0. The fourth-order valence-electron chi connectivity index (χ4n) is 3.40. The third-order valence-electron chi connectivity index (χ3n) is 5.64. The number of allylic oxidation sites excluding steroid dienone is 2. The van der Waals surface area contributed by atoms with Crippen molar-refractivity contribution in [1.29, 1.82) is 0 Å². The molecule has 6 nitrogen and oxygen atoms in total. The minimum atomic E-state index is -0.870. The molecule has 0 rings (SSSR count). The molecule has 0 aromatic heterocycles. The van der Waals surface area contributed by atoms with Crippen molar-refractivity contribution in [2.24, 2.45) is 0 Å². The lowest BCUT2D eigenvalue weighted by Crippen LogP contribution is -1.97. The Morgan fingerprint density at radius 1 is 0.417 bits per heavy atom. The van der Waals surface area contributed by atoms with Crippen molar-refractivity contribution in [2.75, 3.05) is 0 Å². The van der Waals surface area contributed by atoms with Crippen LogP contribution >= 0.6 is 0 Å². The first kappa shape index (κ1) is 38.7. The van der Waals surface area contributed by atoms with Crippen molar-refractivity contribution >= 4 is 17.9 Å². The lowest BCUT2D eigenvalue weighted by Gasteiger charge is -1.99. The highest BCUT2D eigenvalue weighted by Gasteiger charge is 1.99. The Kier molecular flexibility index (Phi) is 37.9. The van der Waals surface area contributed by atoms with E-state index in [1.165, 1.54) is 96.3 Å². The van der Waals surface area contributed by atoms with Crippen LogP contribution in [0.15, 0.2) is 12.2 Å². The molecule has 0 radical (unpaired) electrons. The number of aliphatic carboxylic acids is 3. The van der Waals surface area contributed by atoms with Crippen molar-refractivity contribution in [2.45, 2.75) is 162 Å². The Balaban J connectivity index is -0.000000561. The molecular formula is C30H58O6. The van der Waals surface area contributed by atoms with Crippen LogP contribution in [-0.4, -0.2) is 33.2 Å². The quantitative estimate of drug-likeness (QED) is 0.0924. The van der Waals surface area contributed by atoms with E-state index in [1.54, 1.807) is 0 Å². The molecule has 0 bridgehead atoms. The molecule has 0 heterocycles. The summed E-state index contributed by atoms with van der Waals surface area (Å²) in [5.74, 6) is -2.40. The van der Waals surface area contributed by atoms with Gasteiger partial charge in [-0.2, -0.15) is 0 Å². The second-order valence-electron chi connectivity index (χ2n) is 9.43. The smallest absolute Gasteiger partial charge is 0.303 e. The minimum Gasteiger partial charge on any atom is -0.481 e. The number of carboxylic acid groups (broad SMARTS) is 3. The zero-order chi connectivity index (χ0) is 27.7. The maximum absolute atomic E-state index is 10.3. The summed E-state index contributed by atoms with van der Waals surface area (Å²) in [5.41, 5.74) is 0. The molecule has 36 heavy (non-hydrogen) atoms. The topological polar surface area (TPSA) is 112 Å². The van der Waals surface area contributed by atoms with E-state index >= 15 is 0 Å². The van der Waals surface area contributed by atoms with Gasteiger partial charge in [-0.15, -0.1) is 0 Å². The van der Waals surface area contributed by atoms with E-state index in [-0.39, 0.29) is 12.8 Å². The Hall–Kier alpha value is -1.85. The first-order valence-corrected chi connectivity index (χ1v) is 14.6. The summed E-state index contributed by atoms with van der Waals surface area (Å²) in [7, 11) is 0. The number of rotatable bonds is 23. The molecule has 0 spiro atoms. The normalized spacial score (nSPS) is 10.3. The molecule has 3 N–H and O–H groups in total. The van der Waals surface area contributed by atoms with E-state index in [0.29, 0.717) is 19.3 Å². The average molecular weight is 515 g/mol. The lowest BCUT2D eigenvalue weighted by molar-refractivity contribution is -0.139. The fraction of sp³-hybridized carbons (Fsp3) is 0.833. The van der Waals surface area contributed by atoms with Gasteiger partial charge in [-0.25, -0.2) is 0 Å². The van der Waals surface area contributed by atoms with Crippen LogP contribution in [0.25, 0.3) is 0 Å². The van der Waals surface area contributed by atoms with Gasteiger partial charge >= 0.3 is 17.9 Å². The monoisotopic (exact) mass is 514 g/mol. The average Bonchev–Trinajstić information content (AvgIpc) is 2.83. The van der Waals surface area contributed by atoms with E-state index in [9.17, 15) is 14.4 Å². The van der Waals surface area contributed by atoms with Crippen molar-refractivity contribution < 1.29 is 29.7 Å². The van der Waals surface area contributed by atoms with E-state index in [4.69, 9.17) is 15.3 Å². The van der Waals surface area contributed by atoms with Crippen LogP contribution < -0.4 is 0 Å². The fourth-order valence-corrected chi connectivity index (χ4v) is 3.40. The molecule has 0 amide bonds. The molecule has 0 aliphatic carbocycles. The van der Waals surface area contributed by atoms with E-state index in [2.05, 4.69) is 32.9 Å². The Labute approximate surface area is 222 Å². The first-order valence-electron chi connectivity index (χ1n) is 14.6. The van der Waals surface area contributed by atoms with Crippen molar-refractivity contribution in [3.05, 3.63) is 12.2 Å². The largest absolute Gasteiger partial charge is 0.481 e. The van der Waals surface area contributed by atoms with Gasteiger partial charge in [0.25, 0.3) is 0 Å². The highest BCUT2D eigenvalue weighted by molar-refractivity contribution is 5.68. The summed E-state index contributed by atoms with van der Waals surface area (Å²) >= 11 is 0. The standard InChI is InChI=1S/C18H34O2.C6H10O4.C6H14/c1-2-3-4-5-6-7-8-9-10-11-12-13-14-15-16-17-18(19)20;7-5(8)3-1-2-4-6(9)10;1-3-5-6-4-2/h9-10H,2-8,11-17H2,1H3,(H,19,20);1-4H2,(H,7,8)(H,9,10);3-6H2,1-2H3. The first-order chi connectivity index (χ1) is 17.3. The van der Waals surface area contributed by atoms with Gasteiger partial charge in [-0.05, 0) is 44.9 Å². The predicted molar refractivity (Wildman–Crippen MR) is 151 cm³/mol. The molecule has 0 aliphatic heterocycles. The molecular weight excluding hydrogens is 456 g/mol. The van der Waals surface area contributed by atoms with Gasteiger partial charge in [0.1, 0.15) is 0 Å². The molecule has 214 valence electrons. The number of hydrogen-bond acceptors (Lipinski definition) is 3. The Morgan fingerprint density at radius 3 is 1.00 bits per heavy atom. The van der Waals surface area contributed by atoms with Crippen LogP contribution in [0.5, 0.6) is 0 Å². The minimum absolute atomic E-state index is 0.0628. The van der Waals surface area contributed by atoms with Crippen LogP contribution in [0.1, 0.15) is 162 Å². The summed E-state index contributed by atoms with van der Waals surface area (Å²) in [6.07, 6.45) is 27.8. The molecule has 0 atom stereocenters. The van der Waals surface area contributed by atoms with Gasteiger partial charge in [-0.1, -0.05) is 110 Å². The van der Waals surface area contributed by atoms with Crippen molar-refractivity contribution in [3.8, 4) is 0 Å². The molecule has 0 aromatic rings. The molecule has 0 fully saturated rings. The number of carboxylic acids is 3. The van der Waals surface area contributed by atoms with E-state index in [1.807, 2.05) is 0 Å². The summed E-state index contributed by atoms with van der Waals surface area (Å²) in [6.45, 7) is 6.72. The molecule has 0 aliphatic rings. The summed E-state index contributed by atoms with van der Waals surface area (Å²) in [4.78, 5) is 30.1. The number of carbonyl (C=O) groups is 3. The van der Waals surface area contributed by atoms with Gasteiger partial charge in [0.2, 0.25) is 0 Å². The van der Waals surface area contributed by atoms with Crippen LogP contribution in [0.4, 0.5) is 0 Å². The highest BCUT2D eigenvalue weighted by atomic mass is 16.4. The molecule has 0 unspecified atom stereocenters. The van der Waals surface area contributed by atoms with Crippen LogP contribution in [0.3, 0.4) is 0 Å². The van der Waals surface area contributed by atoms with Gasteiger partial charge in [0.05, 0.1) is 0 Å². The van der Waals surface area contributed by atoms with Crippen LogP contribution in [0, 0.1) is 0 Å². The van der Waals surface area contributed by atoms with Crippen LogP contribution in [-0.2, 0) is 14.4 Å². The van der Waals surface area contributed by atoms with Gasteiger partial charge < -0.3 is 15.3 Å². The predicted octanol–water partition coefficient (Wildman–Crippen LogP) is 9.41. The van der Waals surface area contributed by atoms with E-state index < -0.39 is 17.9 Å². The van der Waals surface area contributed by atoms with Gasteiger partial charge in [0.15, 0.2) is 0 Å². The van der Waals surface area contributed by atoms with Gasteiger partial charge in [0, 0.05) is 19.3 Å². The maximum Gasteiger partial charge on any atom is 0.303 e. The van der Waals surface area contributed by atoms with Crippen molar-refractivity contribution in [1.82, 2.24) is 0 Å². The highest BCUT2D eigenvalue weighted by Crippen LogP contribution is 2.09. The Morgan fingerprint density at radius 2 is 0.667 bits per heavy atom. The molecule has 0 saturated heterocycles. The lowest BCUT2D eigenvalue weighted by atomic mass is 10.1. The zero-order valence-electron chi connectivity index (χ0n) is 23.8. The maximum atomic E-state index is 10.3. The SMILES string of the molecule is CCCCCC.CCCCCCCCC=CCCCCCCCC(=O)O.O=C(O)CCCCC(=O)O. The third kappa shape index (κ3) is 49.3. The third-order valence-corrected chi connectivity index (χ3v) is 5.64. The van der Waals surface area contributed by atoms with Crippen LogP contribution in [0.2, 0.25) is 0 Å². The van der Waals surface area contributed by atoms with Crippen molar-refractivity contribution in [3.63, 3.8) is 0 Å². The number of hydrogen-bond donors (Lipinski definition) is 3. The molecule has 0 aromatic carbocycles. The molecule has 0 saturated carbocycles.